The van der Waals surface area contributed by atoms with Crippen LogP contribution >= 0.6 is 0 Å². The van der Waals surface area contributed by atoms with Crippen molar-refractivity contribution in [2.45, 2.75) is 65.5 Å². The van der Waals surface area contributed by atoms with Crippen molar-refractivity contribution in [3.8, 4) is 0 Å². The first-order chi connectivity index (χ1) is 11.5. The molecular formula is C21H29NO3. The van der Waals surface area contributed by atoms with Crippen LogP contribution in [0, 0.1) is 5.41 Å². The summed E-state index contributed by atoms with van der Waals surface area (Å²) in [5, 5.41) is 0. The number of ether oxygens (including phenoxy) is 1. The Labute approximate surface area is 150 Å². The molecule has 0 aromatic heterocycles. The number of nitrogens with two attached hydrogens (primary N) is 1. The zero-order valence-electron chi connectivity index (χ0n) is 15.9. The van der Waals surface area contributed by atoms with Gasteiger partial charge in [0.1, 0.15) is 5.60 Å². The van der Waals surface area contributed by atoms with Crippen molar-refractivity contribution < 1.29 is 14.3 Å². The van der Waals surface area contributed by atoms with Crippen LogP contribution in [-0.2, 0) is 20.7 Å². The van der Waals surface area contributed by atoms with Crippen LogP contribution in [0.2, 0.25) is 0 Å². The Balaban J connectivity index is 1.98. The summed E-state index contributed by atoms with van der Waals surface area (Å²) >= 11 is 0. The number of carbonyl (C=O) groups is 2. The predicted molar refractivity (Wildman–Crippen MR) is 100.0 cm³/mol. The van der Waals surface area contributed by atoms with Crippen LogP contribution in [0.1, 0.15) is 58.6 Å². The smallest absolute Gasteiger partial charge is 0.312 e. The highest BCUT2D eigenvalue weighted by Gasteiger charge is 2.36. The molecule has 0 fully saturated rings. The first-order valence-corrected chi connectivity index (χ1v) is 8.79. The highest BCUT2D eigenvalue weighted by Crippen LogP contribution is 2.31. The molecule has 0 aliphatic heterocycles. The Hall–Kier alpha value is -1.94. The average molecular weight is 343 g/mol. The largest absolute Gasteiger partial charge is 0.460 e. The molecule has 1 aliphatic rings. The molecular weight excluding hydrogens is 314 g/mol. The number of ketones is 1. The zero-order chi connectivity index (χ0) is 18.8. The molecule has 0 amide bonds. The molecule has 0 saturated heterocycles. The minimum atomic E-state index is -0.885. The van der Waals surface area contributed by atoms with Gasteiger partial charge in [-0.3, -0.25) is 9.59 Å². The topological polar surface area (TPSA) is 69.4 Å². The molecule has 0 bridgehead atoms. The second-order valence-electron chi connectivity index (χ2n) is 8.43. The lowest BCUT2D eigenvalue weighted by Crippen LogP contribution is -2.39. The van der Waals surface area contributed by atoms with Gasteiger partial charge in [0.15, 0.2) is 5.78 Å². The van der Waals surface area contributed by atoms with Crippen molar-refractivity contribution in [2.24, 2.45) is 11.1 Å². The third kappa shape index (κ3) is 5.02. The van der Waals surface area contributed by atoms with Gasteiger partial charge in [0.2, 0.25) is 0 Å². The summed E-state index contributed by atoms with van der Waals surface area (Å²) in [5.41, 5.74) is 8.25. The van der Waals surface area contributed by atoms with E-state index in [9.17, 15) is 9.59 Å². The summed E-state index contributed by atoms with van der Waals surface area (Å²) in [6.07, 6.45) is 3.60. The number of rotatable bonds is 6. The van der Waals surface area contributed by atoms with E-state index < -0.39 is 17.1 Å². The Bertz CT molecular complexity index is 695. The average Bonchev–Trinajstić information content (AvgIpc) is 2.88. The van der Waals surface area contributed by atoms with E-state index in [1.807, 2.05) is 32.9 Å². The summed E-state index contributed by atoms with van der Waals surface area (Å²) in [5.74, 6) is -0.480. The number of esters is 1. The van der Waals surface area contributed by atoms with Gasteiger partial charge in [-0.2, -0.15) is 0 Å². The van der Waals surface area contributed by atoms with E-state index in [0.29, 0.717) is 6.42 Å². The van der Waals surface area contributed by atoms with E-state index in [1.54, 1.807) is 13.8 Å². The van der Waals surface area contributed by atoms with Crippen molar-refractivity contribution in [1.82, 2.24) is 0 Å². The molecule has 136 valence electrons. The fourth-order valence-corrected chi connectivity index (χ4v) is 2.95. The summed E-state index contributed by atoms with van der Waals surface area (Å²) in [6.45, 7) is 8.92. The van der Waals surface area contributed by atoms with Gasteiger partial charge in [-0.25, -0.2) is 0 Å². The Morgan fingerprint density at radius 2 is 1.80 bits per heavy atom. The molecule has 25 heavy (non-hydrogen) atoms. The summed E-state index contributed by atoms with van der Waals surface area (Å²) in [6, 6.07) is 7.56. The van der Waals surface area contributed by atoms with Gasteiger partial charge in [0.05, 0.1) is 11.5 Å². The van der Waals surface area contributed by atoms with Gasteiger partial charge < -0.3 is 10.5 Å². The van der Waals surface area contributed by atoms with E-state index in [-0.39, 0.29) is 18.2 Å². The standard InChI is InChI=1S/C21H29NO3/c1-20(2,3)25-19(24)21(4,5)13-18(23)17(22)12-15-11-10-14-8-6-7-9-16(14)15/h6-9,11,17H,10,12-13,22H2,1-5H3/t17-/m1/s1. The minimum absolute atomic E-state index is 0.0814. The Morgan fingerprint density at radius 3 is 2.44 bits per heavy atom. The molecule has 1 aromatic carbocycles. The van der Waals surface area contributed by atoms with E-state index in [2.05, 4.69) is 18.2 Å². The lowest BCUT2D eigenvalue weighted by molar-refractivity contribution is -0.167. The monoisotopic (exact) mass is 343 g/mol. The number of carbonyl (C=O) groups excluding carboxylic acids is 2. The highest BCUT2D eigenvalue weighted by atomic mass is 16.6. The normalized spacial score (nSPS) is 15.4. The van der Waals surface area contributed by atoms with Crippen LogP contribution in [0.4, 0.5) is 0 Å². The van der Waals surface area contributed by atoms with Crippen molar-refractivity contribution in [3.63, 3.8) is 0 Å². The molecule has 0 unspecified atom stereocenters. The van der Waals surface area contributed by atoms with Crippen molar-refractivity contribution in [2.75, 3.05) is 0 Å². The maximum atomic E-state index is 12.6. The molecule has 4 nitrogen and oxygen atoms in total. The summed E-state index contributed by atoms with van der Waals surface area (Å²) in [4.78, 5) is 24.9. The number of hydrogen-bond acceptors (Lipinski definition) is 4. The van der Waals surface area contributed by atoms with Gasteiger partial charge in [0, 0.05) is 6.42 Å². The summed E-state index contributed by atoms with van der Waals surface area (Å²) < 4.78 is 5.42. The van der Waals surface area contributed by atoms with Crippen LogP contribution < -0.4 is 5.73 Å². The zero-order valence-corrected chi connectivity index (χ0v) is 15.9. The van der Waals surface area contributed by atoms with Gasteiger partial charge in [-0.1, -0.05) is 30.3 Å². The molecule has 1 atom stereocenters. The van der Waals surface area contributed by atoms with Crippen LogP contribution in [0.3, 0.4) is 0 Å². The molecule has 0 spiro atoms. The molecule has 2 N–H and O–H groups in total. The molecule has 4 heteroatoms. The number of hydrogen-bond donors (Lipinski definition) is 1. The number of Topliss-reactive ketones (excluding diaryl/α,β-unsaturated/α-hetero) is 1. The second-order valence-corrected chi connectivity index (χ2v) is 8.43. The lowest BCUT2D eigenvalue weighted by atomic mass is 9.84. The van der Waals surface area contributed by atoms with Crippen LogP contribution in [0.15, 0.2) is 30.3 Å². The highest BCUT2D eigenvalue weighted by molar-refractivity contribution is 5.91. The quantitative estimate of drug-likeness (QED) is 0.800. The predicted octanol–water partition coefficient (Wildman–Crippen LogP) is 3.67. The van der Waals surface area contributed by atoms with Crippen molar-refractivity contribution in [1.29, 1.82) is 0 Å². The van der Waals surface area contributed by atoms with Crippen LogP contribution in [0.25, 0.3) is 5.57 Å². The molecule has 1 aromatic rings. The van der Waals surface area contributed by atoms with Gasteiger partial charge >= 0.3 is 5.97 Å². The van der Waals surface area contributed by atoms with Gasteiger partial charge in [-0.05, 0) is 64.2 Å². The fourth-order valence-electron chi connectivity index (χ4n) is 2.95. The lowest BCUT2D eigenvalue weighted by Gasteiger charge is -2.28. The summed E-state index contributed by atoms with van der Waals surface area (Å²) in [7, 11) is 0. The first-order valence-electron chi connectivity index (χ1n) is 8.79. The third-order valence-corrected chi connectivity index (χ3v) is 4.35. The van der Waals surface area contributed by atoms with E-state index in [1.165, 1.54) is 11.1 Å². The van der Waals surface area contributed by atoms with Gasteiger partial charge in [-0.15, -0.1) is 0 Å². The minimum Gasteiger partial charge on any atom is -0.460 e. The Morgan fingerprint density at radius 1 is 1.16 bits per heavy atom. The molecule has 0 radical (unpaired) electrons. The molecule has 0 saturated carbocycles. The SMILES string of the molecule is CC(C)(C)OC(=O)C(C)(C)CC(=O)[C@H](N)CC1=CCc2ccccc21. The fraction of sp³-hybridized carbons (Fsp3) is 0.524. The second kappa shape index (κ2) is 7.12. The number of benzene rings is 1. The molecule has 0 heterocycles. The maximum absolute atomic E-state index is 12.6. The van der Waals surface area contributed by atoms with Crippen LogP contribution in [0.5, 0.6) is 0 Å². The van der Waals surface area contributed by atoms with E-state index in [0.717, 1.165) is 12.0 Å². The van der Waals surface area contributed by atoms with Crippen molar-refractivity contribution in [3.05, 3.63) is 41.5 Å². The van der Waals surface area contributed by atoms with E-state index >= 15 is 0 Å². The third-order valence-electron chi connectivity index (χ3n) is 4.35. The number of allylic oxidation sites excluding steroid dienone is 1. The van der Waals surface area contributed by atoms with Crippen LogP contribution in [-0.4, -0.2) is 23.4 Å². The first kappa shape index (κ1) is 19.4. The molecule has 1 aliphatic carbocycles. The van der Waals surface area contributed by atoms with Crippen molar-refractivity contribution >= 4 is 17.3 Å². The van der Waals surface area contributed by atoms with Gasteiger partial charge in [0.25, 0.3) is 0 Å². The molecule has 2 rings (SSSR count). The van der Waals surface area contributed by atoms with E-state index in [4.69, 9.17) is 10.5 Å². The number of fused-ring (bicyclic) bond motifs is 1. The Kier molecular flexibility index (Phi) is 5.52. The maximum Gasteiger partial charge on any atom is 0.312 e.